The molecule has 0 saturated heterocycles. The fourth-order valence-electron chi connectivity index (χ4n) is 7.63. The van der Waals surface area contributed by atoms with E-state index >= 15 is 0 Å². The van der Waals surface area contributed by atoms with Crippen molar-refractivity contribution in [1.82, 2.24) is 15.3 Å². The summed E-state index contributed by atoms with van der Waals surface area (Å²) < 4.78 is 47.5. The Morgan fingerprint density at radius 3 is 2.54 bits per heavy atom. The average molecular weight is 639 g/mol. The number of rotatable bonds is 8. The van der Waals surface area contributed by atoms with Crippen LogP contribution in [0.4, 0.5) is 42.0 Å². The maximum Gasteiger partial charge on any atom is 0.421 e. The largest absolute Gasteiger partial charge is 0.494 e. The van der Waals surface area contributed by atoms with E-state index in [9.17, 15) is 27.9 Å². The van der Waals surface area contributed by atoms with E-state index in [0.717, 1.165) is 25.7 Å². The highest BCUT2D eigenvalue weighted by atomic mass is 19.4. The number of nitrogens with one attached hydrogen (secondary N) is 4. The Morgan fingerprint density at radius 2 is 1.80 bits per heavy atom. The third-order valence-corrected chi connectivity index (χ3v) is 9.86. The lowest BCUT2D eigenvalue weighted by Gasteiger charge is -2.53. The SMILES string of the molecule is CNC(=O)c1cccc(C)c1Nc1nc(Nc2ccc(NC(=O)C3CC4CC5CC(CCC53)C4O)cc2OC)ncc1C(F)(F)F. The molecule has 3 aliphatic carbocycles. The molecule has 3 fully saturated rings. The van der Waals surface area contributed by atoms with Crippen LogP contribution in [0.2, 0.25) is 0 Å². The topological polar surface area (TPSA) is 138 Å². The first kappa shape index (κ1) is 31.6. The van der Waals surface area contributed by atoms with E-state index in [1.807, 2.05) is 0 Å². The average Bonchev–Trinajstić information content (AvgIpc) is 3.03. The van der Waals surface area contributed by atoms with Crippen LogP contribution in [0.25, 0.3) is 0 Å². The fraction of sp³-hybridized carbons (Fsp3) is 0.455. The first-order chi connectivity index (χ1) is 22.0. The summed E-state index contributed by atoms with van der Waals surface area (Å²) >= 11 is 0. The van der Waals surface area contributed by atoms with Crippen LogP contribution in [0.1, 0.15) is 53.6 Å². The van der Waals surface area contributed by atoms with Crippen LogP contribution in [0, 0.1) is 36.5 Å². The van der Waals surface area contributed by atoms with Crippen molar-refractivity contribution in [1.29, 1.82) is 0 Å². The van der Waals surface area contributed by atoms with E-state index in [4.69, 9.17) is 4.74 Å². The summed E-state index contributed by atoms with van der Waals surface area (Å²) in [6.07, 6.45) is 0.119. The Kier molecular flexibility index (Phi) is 8.53. The van der Waals surface area contributed by atoms with Crippen molar-refractivity contribution >= 4 is 40.6 Å². The van der Waals surface area contributed by atoms with Gasteiger partial charge in [-0.1, -0.05) is 12.1 Å². The van der Waals surface area contributed by atoms with Gasteiger partial charge in [-0.05, 0) is 86.5 Å². The first-order valence-corrected chi connectivity index (χ1v) is 15.4. The van der Waals surface area contributed by atoms with Crippen molar-refractivity contribution in [2.75, 3.05) is 30.1 Å². The van der Waals surface area contributed by atoms with Gasteiger partial charge in [0.15, 0.2) is 0 Å². The van der Waals surface area contributed by atoms with Crippen molar-refractivity contribution < 1.29 is 32.6 Å². The zero-order valence-corrected chi connectivity index (χ0v) is 25.7. The molecule has 0 aliphatic heterocycles. The Labute approximate surface area is 264 Å². The monoisotopic (exact) mass is 638 g/mol. The molecule has 2 amide bonds. The molecular formula is C33H37F3N6O4. The van der Waals surface area contributed by atoms with Gasteiger partial charge in [0, 0.05) is 30.9 Å². The molecule has 10 nitrogen and oxygen atoms in total. The number of carbonyl (C=O) groups excluding carboxylic acids is 2. The maximum absolute atomic E-state index is 14.0. The minimum Gasteiger partial charge on any atom is -0.494 e. The molecule has 3 aromatic rings. The quantitative estimate of drug-likeness (QED) is 0.202. The summed E-state index contributed by atoms with van der Waals surface area (Å²) in [7, 11) is 2.87. The highest BCUT2D eigenvalue weighted by Crippen LogP contribution is 2.55. The summed E-state index contributed by atoms with van der Waals surface area (Å²) in [5, 5.41) is 21.9. The van der Waals surface area contributed by atoms with Gasteiger partial charge in [-0.15, -0.1) is 0 Å². The van der Waals surface area contributed by atoms with Crippen LogP contribution in [-0.4, -0.2) is 47.2 Å². The summed E-state index contributed by atoms with van der Waals surface area (Å²) in [6, 6.07) is 9.72. The number of amides is 2. The van der Waals surface area contributed by atoms with Crippen LogP contribution in [0.15, 0.2) is 42.6 Å². The highest BCUT2D eigenvalue weighted by molar-refractivity contribution is 6.01. The predicted octanol–water partition coefficient (Wildman–Crippen LogP) is 6.03. The van der Waals surface area contributed by atoms with Crippen LogP contribution < -0.4 is 26.0 Å². The van der Waals surface area contributed by atoms with Gasteiger partial charge in [-0.25, -0.2) is 4.98 Å². The van der Waals surface area contributed by atoms with Gasteiger partial charge < -0.3 is 31.1 Å². The van der Waals surface area contributed by atoms with Crippen LogP contribution in [-0.2, 0) is 11.0 Å². The van der Waals surface area contributed by atoms with Crippen molar-refractivity contribution in [2.24, 2.45) is 29.6 Å². The van der Waals surface area contributed by atoms with Gasteiger partial charge in [-0.2, -0.15) is 18.2 Å². The van der Waals surface area contributed by atoms with E-state index in [0.29, 0.717) is 53.1 Å². The number of para-hydroxylation sites is 1. The number of nitrogens with zero attached hydrogens (tertiary/aromatic N) is 2. The predicted molar refractivity (Wildman–Crippen MR) is 166 cm³/mol. The number of carbonyl (C=O) groups is 2. The number of hydrogen-bond donors (Lipinski definition) is 5. The number of aliphatic hydroxyl groups is 1. The molecule has 1 heterocycles. The lowest BCUT2D eigenvalue weighted by Crippen LogP contribution is -2.52. The number of hydrogen-bond acceptors (Lipinski definition) is 8. The first-order valence-electron chi connectivity index (χ1n) is 15.4. The molecular weight excluding hydrogens is 601 g/mol. The van der Waals surface area contributed by atoms with E-state index in [1.165, 1.54) is 20.2 Å². The third-order valence-electron chi connectivity index (χ3n) is 9.86. The van der Waals surface area contributed by atoms with Crippen molar-refractivity contribution in [2.45, 2.75) is 51.3 Å². The fourth-order valence-corrected chi connectivity index (χ4v) is 7.63. The standard InChI is InChI=1S/C33H37F3N6O4/c1-16-5-4-6-22(30(44)37-2)27(16)41-29-24(33(34,35)36)15-38-32(42-29)40-25-10-8-20(14-26(25)46-3)39-31(45)23-13-19-12-18-11-17(28(19)43)7-9-21(18)23/h4-6,8,10,14-15,17-19,21,23,28,43H,7,9,11-13H2,1-3H3,(H,37,44)(H,39,45)(H2,38,40,41,42). The second-order valence-corrected chi connectivity index (χ2v) is 12.5. The van der Waals surface area contributed by atoms with Gasteiger partial charge in [0.1, 0.15) is 17.1 Å². The lowest BCUT2D eigenvalue weighted by atomic mass is 9.53. The van der Waals surface area contributed by atoms with Gasteiger partial charge in [-0.3, -0.25) is 9.59 Å². The normalized spacial score (nSPS) is 25.0. The maximum atomic E-state index is 14.0. The Hall–Kier alpha value is -4.39. The summed E-state index contributed by atoms with van der Waals surface area (Å²) in [5.74, 6) is 0.200. The number of alkyl halides is 3. The molecule has 46 heavy (non-hydrogen) atoms. The molecule has 5 N–H and O–H groups in total. The molecule has 13 heteroatoms. The number of benzene rings is 2. The van der Waals surface area contributed by atoms with E-state index in [2.05, 4.69) is 31.2 Å². The summed E-state index contributed by atoms with van der Waals surface area (Å²) in [5.41, 5.74) is 0.641. The Bertz CT molecular complexity index is 1650. The Balaban J connectivity index is 1.23. The highest BCUT2D eigenvalue weighted by Gasteiger charge is 2.51. The van der Waals surface area contributed by atoms with Gasteiger partial charge >= 0.3 is 6.18 Å². The number of aliphatic hydroxyl groups excluding tert-OH is 1. The number of methoxy groups -OCH3 is 1. The van der Waals surface area contributed by atoms with E-state index in [-0.39, 0.29) is 41.0 Å². The smallest absolute Gasteiger partial charge is 0.421 e. The minimum atomic E-state index is -4.78. The van der Waals surface area contributed by atoms with Crippen LogP contribution in [0.3, 0.4) is 0 Å². The van der Waals surface area contributed by atoms with E-state index < -0.39 is 23.5 Å². The molecule has 0 spiro atoms. The second kappa shape index (κ2) is 12.4. The Morgan fingerprint density at radius 1 is 1.02 bits per heavy atom. The molecule has 3 aliphatic rings. The number of ether oxygens (including phenoxy) is 1. The molecule has 2 aromatic carbocycles. The van der Waals surface area contributed by atoms with Gasteiger partial charge in [0.05, 0.1) is 30.2 Å². The minimum absolute atomic E-state index is 0.0795. The van der Waals surface area contributed by atoms with Crippen LogP contribution >= 0.6 is 0 Å². The number of halogens is 3. The molecule has 1 aromatic heterocycles. The number of anilines is 5. The van der Waals surface area contributed by atoms with E-state index in [1.54, 1.807) is 37.3 Å². The number of aromatic nitrogens is 2. The summed E-state index contributed by atoms with van der Waals surface area (Å²) in [4.78, 5) is 34.0. The molecule has 244 valence electrons. The van der Waals surface area contributed by atoms with Crippen molar-refractivity contribution in [3.63, 3.8) is 0 Å². The lowest BCUT2D eigenvalue weighted by molar-refractivity contribution is -0.137. The number of fused-ring (bicyclic) bond motifs is 2. The van der Waals surface area contributed by atoms with Gasteiger partial charge in [0.25, 0.3) is 5.91 Å². The third kappa shape index (κ3) is 6.07. The zero-order valence-electron chi connectivity index (χ0n) is 25.7. The second-order valence-electron chi connectivity index (χ2n) is 12.5. The number of aryl methyl sites for hydroxylation is 1. The summed E-state index contributed by atoms with van der Waals surface area (Å²) in [6.45, 7) is 1.67. The molecule has 3 saturated carbocycles. The molecule has 6 atom stereocenters. The van der Waals surface area contributed by atoms with Crippen molar-refractivity contribution in [3.05, 3.63) is 59.3 Å². The zero-order chi connectivity index (χ0) is 32.7. The van der Waals surface area contributed by atoms with Gasteiger partial charge in [0.2, 0.25) is 11.9 Å². The molecule has 3 bridgehead atoms. The van der Waals surface area contributed by atoms with Crippen LogP contribution in [0.5, 0.6) is 5.75 Å². The van der Waals surface area contributed by atoms with Crippen molar-refractivity contribution in [3.8, 4) is 5.75 Å². The molecule has 6 rings (SSSR count). The molecule has 0 radical (unpaired) electrons. The molecule has 6 unspecified atom stereocenters.